The first-order valence-electron chi connectivity index (χ1n) is 10.1. The number of rotatable bonds is 7. The van der Waals surface area contributed by atoms with E-state index in [0.29, 0.717) is 18.6 Å². The molecule has 1 atom stereocenters. The Bertz CT molecular complexity index is 1180. The second-order valence-electron chi connectivity index (χ2n) is 7.55. The molecule has 0 bridgehead atoms. The molecule has 0 spiro atoms. The highest BCUT2D eigenvalue weighted by atomic mass is 19.1. The van der Waals surface area contributed by atoms with Crippen molar-refractivity contribution in [3.8, 4) is 22.6 Å². The number of aromatic nitrogens is 5. The lowest BCUT2D eigenvalue weighted by Gasteiger charge is -2.18. The van der Waals surface area contributed by atoms with Crippen molar-refractivity contribution in [3.05, 3.63) is 84.6 Å². The van der Waals surface area contributed by atoms with Gasteiger partial charge in [-0.15, -0.1) is 0 Å². The fraction of sp³-hybridized carbons (Fsp3) is 0.208. The van der Waals surface area contributed by atoms with Gasteiger partial charge in [-0.1, -0.05) is 6.07 Å². The van der Waals surface area contributed by atoms with Gasteiger partial charge in [0, 0.05) is 47.7 Å². The first kappa shape index (κ1) is 20.5. The summed E-state index contributed by atoms with van der Waals surface area (Å²) in [7, 11) is 0. The summed E-state index contributed by atoms with van der Waals surface area (Å²) in [5.41, 5.74) is 5.51. The highest BCUT2D eigenvalue weighted by molar-refractivity contribution is 5.84. The Kier molecular flexibility index (Phi) is 5.93. The zero-order valence-corrected chi connectivity index (χ0v) is 17.5. The van der Waals surface area contributed by atoms with Gasteiger partial charge in [-0.25, -0.2) is 19.3 Å². The number of benzene rings is 1. The van der Waals surface area contributed by atoms with Gasteiger partial charge in [0.1, 0.15) is 12.1 Å². The Balaban J connectivity index is 1.64. The maximum absolute atomic E-state index is 13.4. The van der Waals surface area contributed by atoms with Gasteiger partial charge < -0.3 is 9.98 Å². The summed E-state index contributed by atoms with van der Waals surface area (Å²) in [6.07, 6.45) is 6.00. The minimum Gasteiger partial charge on any atom is -0.326 e. The van der Waals surface area contributed by atoms with Crippen LogP contribution in [-0.2, 0) is 6.42 Å². The van der Waals surface area contributed by atoms with Gasteiger partial charge in [-0.2, -0.15) is 0 Å². The molecule has 3 aromatic heterocycles. The molecule has 0 saturated carbocycles. The molecule has 156 valence electrons. The third kappa shape index (κ3) is 4.71. The van der Waals surface area contributed by atoms with E-state index in [1.807, 2.05) is 35.8 Å². The largest absolute Gasteiger partial charge is 0.326 e. The fourth-order valence-electron chi connectivity index (χ4n) is 3.64. The van der Waals surface area contributed by atoms with Gasteiger partial charge in [0.2, 0.25) is 0 Å². The van der Waals surface area contributed by atoms with Gasteiger partial charge >= 0.3 is 0 Å². The Morgan fingerprint density at radius 1 is 1.10 bits per heavy atom. The molecule has 1 N–H and O–H groups in total. The van der Waals surface area contributed by atoms with Crippen molar-refractivity contribution in [2.75, 3.05) is 0 Å². The van der Waals surface area contributed by atoms with Crippen LogP contribution in [0.4, 0.5) is 4.39 Å². The summed E-state index contributed by atoms with van der Waals surface area (Å²) >= 11 is 0. The number of hydrogen-bond acceptors (Lipinski definition) is 5. The summed E-state index contributed by atoms with van der Waals surface area (Å²) in [5.74, 6) is -0.293. The molecule has 3 heterocycles. The Hall–Kier alpha value is -3.74. The number of halogens is 1. The molecule has 0 amide bonds. The van der Waals surface area contributed by atoms with E-state index in [1.165, 1.54) is 18.5 Å². The quantitative estimate of drug-likeness (QED) is 0.429. The molecule has 1 aromatic carbocycles. The smallest absolute Gasteiger partial charge is 0.123 e. The number of pyridine rings is 1. The van der Waals surface area contributed by atoms with E-state index in [4.69, 9.17) is 5.41 Å². The van der Waals surface area contributed by atoms with Crippen molar-refractivity contribution < 1.29 is 4.39 Å². The molecule has 0 fully saturated rings. The topological polar surface area (TPSA) is 80.3 Å². The Morgan fingerprint density at radius 2 is 1.90 bits per heavy atom. The summed E-state index contributed by atoms with van der Waals surface area (Å²) in [6, 6.07) is 13.9. The lowest BCUT2D eigenvalue weighted by Crippen LogP contribution is -2.13. The third-order valence-corrected chi connectivity index (χ3v) is 5.09. The molecule has 4 rings (SSSR count). The van der Waals surface area contributed by atoms with Crippen LogP contribution in [0.25, 0.3) is 22.6 Å². The number of hydrogen-bond donors (Lipinski definition) is 1. The fourth-order valence-corrected chi connectivity index (χ4v) is 3.64. The molecule has 0 saturated heterocycles. The minimum absolute atomic E-state index is 0.0241. The van der Waals surface area contributed by atoms with E-state index >= 15 is 0 Å². The van der Waals surface area contributed by atoms with Crippen LogP contribution in [0.2, 0.25) is 0 Å². The van der Waals surface area contributed by atoms with Gasteiger partial charge in [-0.3, -0.25) is 4.98 Å². The van der Waals surface area contributed by atoms with Gasteiger partial charge in [0.05, 0.1) is 23.4 Å². The summed E-state index contributed by atoms with van der Waals surface area (Å²) in [4.78, 5) is 17.5. The highest BCUT2D eigenvalue weighted by Gasteiger charge is 2.20. The van der Waals surface area contributed by atoms with Gasteiger partial charge in [0.25, 0.3) is 0 Å². The molecular formula is C24H23FN6. The molecule has 6 nitrogen and oxygen atoms in total. The van der Waals surface area contributed by atoms with Crippen molar-refractivity contribution in [2.24, 2.45) is 0 Å². The predicted octanol–water partition coefficient (Wildman–Crippen LogP) is 5.06. The molecule has 1 unspecified atom stereocenters. The van der Waals surface area contributed by atoms with Crippen molar-refractivity contribution >= 4 is 5.71 Å². The van der Waals surface area contributed by atoms with Crippen molar-refractivity contribution in [1.29, 1.82) is 5.41 Å². The standard InChI is InChI=1S/C24H23FN6/c1-16-4-3-5-21(30-16)13-20(26)12-17(2)31-15-29-23(18-6-8-19(25)9-7-18)24(31)22-10-11-27-14-28-22/h3-11,14-15,17,26H,12-13H2,1-2H3. The zero-order chi connectivity index (χ0) is 21.8. The van der Waals surface area contributed by atoms with Crippen LogP contribution in [0.1, 0.15) is 30.8 Å². The van der Waals surface area contributed by atoms with Crippen LogP contribution in [-0.4, -0.2) is 30.2 Å². The monoisotopic (exact) mass is 414 g/mol. The van der Waals surface area contributed by atoms with Crippen molar-refractivity contribution in [2.45, 2.75) is 32.7 Å². The molecule has 0 radical (unpaired) electrons. The van der Waals surface area contributed by atoms with Crippen LogP contribution in [0, 0.1) is 18.2 Å². The SMILES string of the molecule is Cc1cccc(CC(=N)CC(C)n2cnc(-c3ccc(F)cc3)c2-c2ccncn2)n1. The van der Waals surface area contributed by atoms with E-state index < -0.39 is 0 Å². The summed E-state index contributed by atoms with van der Waals surface area (Å²) in [6.45, 7) is 4.01. The molecule has 4 aromatic rings. The Labute approximate surface area is 180 Å². The molecule has 31 heavy (non-hydrogen) atoms. The number of nitrogens with one attached hydrogen (secondary N) is 1. The highest BCUT2D eigenvalue weighted by Crippen LogP contribution is 2.33. The number of aryl methyl sites for hydroxylation is 1. The second kappa shape index (κ2) is 8.95. The van der Waals surface area contributed by atoms with E-state index in [-0.39, 0.29) is 11.9 Å². The lowest BCUT2D eigenvalue weighted by molar-refractivity contribution is 0.568. The predicted molar refractivity (Wildman–Crippen MR) is 118 cm³/mol. The van der Waals surface area contributed by atoms with Crippen LogP contribution < -0.4 is 0 Å². The van der Waals surface area contributed by atoms with E-state index in [2.05, 4.69) is 26.9 Å². The average molecular weight is 414 g/mol. The zero-order valence-electron chi connectivity index (χ0n) is 17.5. The van der Waals surface area contributed by atoms with Crippen LogP contribution in [0.5, 0.6) is 0 Å². The minimum atomic E-state index is -0.293. The number of nitrogens with zero attached hydrogens (tertiary/aromatic N) is 5. The number of imidazole rings is 1. The first-order valence-corrected chi connectivity index (χ1v) is 10.1. The van der Waals surface area contributed by atoms with Crippen molar-refractivity contribution in [3.63, 3.8) is 0 Å². The molecule has 0 aliphatic carbocycles. The van der Waals surface area contributed by atoms with Gasteiger partial charge in [0.15, 0.2) is 0 Å². The van der Waals surface area contributed by atoms with E-state index in [1.54, 1.807) is 24.7 Å². The maximum atomic E-state index is 13.4. The Morgan fingerprint density at radius 3 is 2.61 bits per heavy atom. The van der Waals surface area contributed by atoms with Crippen LogP contribution >= 0.6 is 0 Å². The molecular weight excluding hydrogens is 391 g/mol. The molecule has 0 aliphatic rings. The summed E-state index contributed by atoms with van der Waals surface area (Å²) in [5, 5.41) is 8.50. The third-order valence-electron chi connectivity index (χ3n) is 5.09. The van der Waals surface area contributed by atoms with Crippen molar-refractivity contribution in [1.82, 2.24) is 24.5 Å². The van der Waals surface area contributed by atoms with Crippen LogP contribution in [0.15, 0.2) is 67.4 Å². The normalized spacial score (nSPS) is 12.0. The van der Waals surface area contributed by atoms with Crippen LogP contribution in [0.3, 0.4) is 0 Å². The van der Waals surface area contributed by atoms with E-state index in [0.717, 1.165) is 34.0 Å². The lowest BCUT2D eigenvalue weighted by atomic mass is 10.0. The summed E-state index contributed by atoms with van der Waals surface area (Å²) < 4.78 is 15.5. The molecule has 7 heteroatoms. The van der Waals surface area contributed by atoms with E-state index in [9.17, 15) is 4.39 Å². The maximum Gasteiger partial charge on any atom is 0.123 e. The first-order chi connectivity index (χ1) is 15.0. The van der Waals surface area contributed by atoms with Gasteiger partial charge in [-0.05, 0) is 56.3 Å². The second-order valence-corrected chi connectivity index (χ2v) is 7.55. The molecule has 0 aliphatic heterocycles. The average Bonchev–Trinajstić information content (AvgIpc) is 3.20.